The van der Waals surface area contributed by atoms with Crippen LogP contribution in [0.5, 0.6) is 0 Å². The number of rotatable bonds is 6. The van der Waals surface area contributed by atoms with Gasteiger partial charge in [0, 0.05) is 43.4 Å². The summed E-state index contributed by atoms with van der Waals surface area (Å²) in [6, 6.07) is 10.6. The first kappa shape index (κ1) is 21.0. The maximum Gasteiger partial charge on any atom is 0.252 e. The number of amides is 1. The normalized spacial score (nSPS) is 15.4. The number of anilines is 1. The third-order valence-electron chi connectivity index (χ3n) is 4.43. The molecule has 2 aromatic rings. The Morgan fingerprint density at radius 3 is 2.57 bits per heavy atom. The molecule has 1 aliphatic heterocycles. The summed E-state index contributed by atoms with van der Waals surface area (Å²) in [6.45, 7) is 1.97. The predicted molar refractivity (Wildman–Crippen MR) is 113 cm³/mol. The van der Waals surface area contributed by atoms with Gasteiger partial charge >= 0.3 is 0 Å². The first-order valence-corrected chi connectivity index (χ1v) is 11.5. The van der Waals surface area contributed by atoms with Gasteiger partial charge in [-0.2, -0.15) is 4.31 Å². The van der Waals surface area contributed by atoms with Crippen LogP contribution in [0.1, 0.15) is 10.4 Å². The summed E-state index contributed by atoms with van der Waals surface area (Å²) in [5, 5.41) is 2.93. The molecule has 0 radical (unpaired) electrons. The van der Waals surface area contributed by atoms with Crippen LogP contribution in [0.3, 0.4) is 0 Å². The topological polar surface area (TPSA) is 82.6 Å². The van der Waals surface area contributed by atoms with E-state index >= 15 is 0 Å². The van der Waals surface area contributed by atoms with Crippen molar-refractivity contribution >= 4 is 49.3 Å². The fraction of sp³-hybridized carbons (Fsp3) is 0.333. The molecule has 1 aromatic carbocycles. The summed E-state index contributed by atoms with van der Waals surface area (Å²) in [4.78, 5) is 18.6. The van der Waals surface area contributed by atoms with Crippen LogP contribution in [0.25, 0.3) is 0 Å². The van der Waals surface area contributed by atoms with E-state index in [2.05, 4.69) is 31.1 Å². The maximum atomic E-state index is 12.6. The number of halogens is 2. The fourth-order valence-corrected chi connectivity index (χ4v) is 5.02. The van der Waals surface area contributed by atoms with E-state index in [1.165, 1.54) is 4.31 Å². The average molecular weight is 488 g/mol. The Labute approximate surface area is 177 Å². The van der Waals surface area contributed by atoms with E-state index in [0.29, 0.717) is 36.8 Å². The van der Waals surface area contributed by atoms with Crippen molar-refractivity contribution in [3.05, 3.63) is 57.7 Å². The fourth-order valence-electron chi connectivity index (χ4n) is 2.93. The van der Waals surface area contributed by atoms with Crippen molar-refractivity contribution in [2.45, 2.75) is 0 Å². The summed E-state index contributed by atoms with van der Waals surface area (Å²) in [5.74, 6) is 0.294. The number of benzene rings is 1. The van der Waals surface area contributed by atoms with Gasteiger partial charge in [0.05, 0.1) is 16.3 Å². The molecule has 28 heavy (non-hydrogen) atoms. The Morgan fingerprint density at radius 1 is 1.18 bits per heavy atom. The molecule has 1 amide bonds. The molecular weight excluding hydrogens is 468 g/mol. The lowest BCUT2D eigenvalue weighted by Crippen LogP contribution is -2.50. The van der Waals surface area contributed by atoms with Gasteiger partial charge in [0.1, 0.15) is 5.82 Å². The monoisotopic (exact) mass is 486 g/mol. The quantitative estimate of drug-likeness (QED) is 0.676. The summed E-state index contributed by atoms with van der Waals surface area (Å²) >= 11 is 9.33. The highest BCUT2D eigenvalue weighted by molar-refractivity contribution is 9.10. The number of sulfonamides is 1. The van der Waals surface area contributed by atoms with Crippen molar-refractivity contribution in [3.8, 4) is 0 Å². The number of piperazine rings is 1. The highest BCUT2D eigenvalue weighted by Crippen LogP contribution is 2.21. The molecule has 0 spiro atoms. The molecule has 1 fully saturated rings. The van der Waals surface area contributed by atoms with E-state index in [9.17, 15) is 13.2 Å². The zero-order valence-corrected chi connectivity index (χ0v) is 18.2. The van der Waals surface area contributed by atoms with Gasteiger partial charge in [-0.1, -0.05) is 33.6 Å². The smallest absolute Gasteiger partial charge is 0.252 e. The molecule has 7 nitrogen and oxygen atoms in total. The van der Waals surface area contributed by atoms with Crippen molar-refractivity contribution in [1.82, 2.24) is 14.6 Å². The minimum atomic E-state index is -3.45. The highest BCUT2D eigenvalue weighted by atomic mass is 79.9. The highest BCUT2D eigenvalue weighted by Gasteiger charge is 2.27. The second-order valence-electron chi connectivity index (χ2n) is 6.27. The van der Waals surface area contributed by atoms with Gasteiger partial charge in [-0.05, 0) is 30.3 Å². The molecule has 1 aromatic heterocycles. The van der Waals surface area contributed by atoms with E-state index in [1.807, 2.05) is 18.2 Å². The maximum absolute atomic E-state index is 12.6. The Morgan fingerprint density at radius 2 is 1.93 bits per heavy atom. The number of carbonyl (C=O) groups is 1. The third kappa shape index (κ3) is 5.22. The first-order valence-electron chi connectivity index (χ1n) is 8.74. The Kier molecular flexibility index (Phi) is 6.92. The van der Waals surface area contributed by atoms with E-state index < -0.39 is 15.9 Å². The number of nitrogens with zero attached hydrogens (tertiary/aromatic N) is 3. The van der Waals surface area contributed by atoms with E-state index in [1.54, 1.807) is 24.4 Å². The zero-order valence-electron chi connectivity index (χ0n) is 15.0. The molecule has 1 N–H and O–H groups in total. The SMILES string of the molecule is O=C(NCCS(=O)(=O)N1CCN(c2ccccn2)CC1)c1ccc(Br)cc1Cl. The average Bonchev–Trinajstić information content (AvgIpc) is 2.68. The van der Waals surface area contributed by atoms with Crippen molar-refractivity contribution in [1.29, 1.82) is 0 Å². The molecule has 0 aliphatic carbocycles. The predicted octanol–water partition coefficient (Wildman–Crippen LogP) is 2.38. The van der Waals surface area contributed by atoms with E-state index in [-0.39, 0.29) is 12.3 Å². The van der Waals surface area contributed by atoms with Crippen molar-refractivity contribution in [3.63, 3.8) is 0 Å². The van der Waals surface area contributed by atoms with E-state index in [4.69, 9.17) is 11.6 Å². The Hall–Kier alpha value is -1.68. The summed E-state index contributed by atoms with van der Waals surface area (Å²) in [6.07, 6.45) is 1.72. The number of pyridine rings is 1. The van der Waals surface area contributed by atoms with Crippen LogP contribution in [0.4, 0.5) is 5.82 Å². The zero-order chi connectivity index (χ0) is 20.1. The minimum Gasteiger partial charge on any atom is -0.354 e. The van der Waals surface area contributed by atoms with Gasteiger partial charge in [0.15, 0.2) is 0 Å². The van der Waals surface area contributed by atoms with Gasteiger partial charge in [0.25, 0.3) is 5.91 Å². The summed E-state index contributed by atoms with van der Waals surface area (Å²) in [7, 11) is -3.45. The second kappa shape index (κ2) is 9.21. The van der Waals surface area contributed by atoms with Crippen LogP contribution >= 0.6 is 27.5 Å². The number of nitrogens with one attached hydrogen (secondary N) is 1. The van der Waals surface area contributed by atoms with Crippen molar-refractivity contribution < 1.29 is 13.2 Å². The summed E-state index contributed by atoms with van der Waals surface area (Å²) < 4.78 is 27.4. The van der Waals surface area contributed by atoms with Crippen LogP contribution < -0.4 is 10.2 Å². The molecule has 1 aliphatic rings. The van der Waals surface area contributed by atoms with Crippen LogP contribution in [0.15, 0.2) is 47.1 Å². The standard InChI is InChI=1S/C18H20BrClN4O3S/c19-14-4-5-15(16(20)13-14)18(25)22-7-12-28(26,27)24-10-8-23(9-11-24)17-3-1-2-6-21-17/h1-6,13H,7-12H2,(H,22,25). The largest absolute Gasteiger partial charge is 0.354 e. The lowest BCUT2D eigenvalue weighted by Gasteiger charge is -2.34. The van der Waals surface area contributed by atoms with Crippen molar-refractivity contribution in [2.75, 3.05) is 43.4 Å². The van der Waals surface area contributed by atoms with Crippen LogP contribution in [0, 0.1) is 0 Å². The summed E-state index contributed by atoms with van der Waals surface area (Å²) in [5.41, 5.74) is 0.311. The van der Waals surface area contributed by atoms with Gasteiger partial charge in [-0.15, -0.1) is 0 Å². The lowest BCUT2D eigenvalue weighted by molar-refractivity contribution is 0.0956. The molecular formula is C18H20BrClN4O3S. The molecule has 0 bridgehead atoms. The molecule has 3 rings (SSSR count). The van der Waals surface area contributed by atoms with Gasteiger partial charge in [-0.3, -0.25) is 4.79 Å². The Bertz CT molecular complexity index is 935. The lowest BCUT2D eigenvalue weighted by atomic mass is 10.2. The van der Waals surface area contributed by atoms with Gasteiger partial charge < -0.3 is 10.2 Å². The molecule has 0 unspecified atom stereocenters. The molecule has 0 saturated carbocycles. The number of carbonyl (C=O) groups excluding carboxylic acids is 1. The molecule has 150 valence electrons. The van der Waals surface area contributed by atoms with Crippen LogP contribution in [-0.2, 0) is 10.0 Å². The first-order chi connectivity index (χ1) is 13.4. The number of hydrogen-bond donors (Lipinski definition) is 1. The van der Waals surface area contributed by atoms with Gasteiger partial charge in [-0.25, -0.2) is 13.4 Å². The van der Waals surface area contributed by atoms with Crippen molar-refractivity contribution in [2.24, 2.45) is 0 Å². The van der Waals surface area contributed by atoms with E-state index in [0.717, 1.165) is 10.3 Å². The minimum absolute atomic E-state index is 0.0218. The second-order valence-corrected chi connectivity index (χ2v) is 9.68. The molecule has 1 saturated heterocycles. The number of aromatic nitrogens is 1. The number of hydrogen-bond acceptors (Lipinski definition) is 5. The van der Waals surface area contributed by atoms with Gasteiger partial charge in [0.2, 0.25) is 10.0 Å². The Balaban J connectivity index is 1.50. The molecule has 0 atom stereocenters. The van der Waals surface area contributed by atoms with Crippen LogP contribution in [-0.4, -0.2) is 62.1 Å². The van der Waals surface area contributed by atoms with Crippen LogP contribution in [0.2, 0.25) is 5.02 Å². The molecule has 2 heterocycles. The third-order valence-corrected chi connectivity index (χ3v) is 7.10. The molecule has 10 heteroatoms.